The van der Waals surface area contributed by atoms with Crippen molar-refractivity contribution in [2.45, 2.75) is 45.2 Å². The van der Waals surface area contributed by atoms with E-state index in [2.05, 4.69) is 41.4 Å². The summed E-state index contributed by atoms with van der Waals surface area (Å²) in [5, 5.41) is 0. The van der Waals surface area contributed by atoms with E-state index in [-0.39, 0.29) is 0 Å². The Balaban J connectivity index is 2.14. The average Bonchev–Trinajstić information content (AvgIpc) is 2.78. The summed E-state index contributed by atoms with van der Waals surface area (Å²) >= 11 is 0. The predicted octanol–water partition coefficient (Wildman–Crippen LogP) is 3.17. The lowest BCUT2D eigenvalue weighted by atomic mass is 10.0. The van der Waals surface area contributed by atoms with E-state index in [1.165, 1.54) is 31.6 Å². The Kier molecular flexibility index (Phi) is 3.27. The molecule has 1 fully saturated rings. The largest absolute Gasteiger partial charge is 0.309 e. The molecule has 1 atom stereocenters. The summed E-state index contributed by atoms with van der Waals surface area (Å²) in [5.41, 5.74) is 2.04. The fourth-order valence-corrected chi connectivity index (χ4v) is 3.09. The predicted molar refractivity (Wildman–Crippen MR) is 77.1 cm³/mol. The second-order valence-electron chi connectivity index (χ2n) is 5.77. The summed E-state index contributed by atoms with van der Waals surface area (Å²) in [6.07, 6.45) is 5.65. The molecule has 102 valence electrons. The van der Waals surface area contributed by atoms with Crippen molar-refractivity contribution in [2.24, 2.45) is 0 Å². The smallest absolute Gasteiger partial charge is 0.160 e. The summed E-state index contributed by atoms with van der Waals surface area (Å²) in [5.74, 6) is 1.19. The van der Waals surface area contributed by atoms with Crippen LogP contribution in [-0.4, -0.2) is 33.0 Å². The van der Waals surface area contributed by atoms with Crippen molar-refractivity contribution in [3.8, 4) is 0 Å². The molecule has 2 aromatic heterocycles. The van der Waals surface area contributed by atoms with E-state index in [1.54, 1.807) is 0 Å². The van der Waals surface area contributed by atoms with Crippen LogP contribution in [0.25, 0.3) is 11.2 Å². The normalized spacial score (nSPS) is 21.4. The highest BCUT2D eigenvalue weighted by molar-refractivity contribution is 5.71. The fraction of sp³-hybridized carbons (Fsp3) is 0.600. The van der Waals surface area contributed by atoms with Gasteiger partial charge in [-0.25, -0.2) is 9.97 Å². The Morgan fingerprint density at radius 1 is 1.32 bits per heavy atom. The van der Waals surface area contributed by atoms with E-state index in [9.17, 15) is 0 Å². The van der Waals surface area contributed by atoms with Gasteiger partial charge in [0, 0.05) is 12.2 Å². The first kappa shape index (κ1) is 12.6. The minimum Gasteiger partial charge on any atom is -0.309 e. The van der Waals surface area contributed by atoms with Crippen molar-refractivity contribution in [3.63, 3.8) is 0 Å². The van der Waals surface area contributed by atoms with Gasteiger partial charge in [0.15, 0.2) is 5.65 Å². The van der Waals surface area contributed by atoms with Crippen LogP contribution < -0.4 is 0 Å². The highest BCUT2D eigenvalue weighted by Gasteiger charge is 2.27. The molecule has 0 aliphatic carbocycles. The highest BCUT2D eigenvalue weighted by atomic mass is 15.2. The van der Waals surface area contributed by atoms with E-state index >= 15 is 0 Å². The molecule has 1 aliphatic heterocycles. The van der Waals surface area contributed by atoms with Crippen LogP contribution in [-0.2, 0) is 0 Å². The number of hydrogen-bond acceptors (Lipinski definition) is 3. The van der Waals surface area contributed by atoms with Crippen molar-refractivity contribution >= 4 is 11.2 Å². The number of aromatic nitrogens is 3. The Labute approximate surface area is 114 Å². The highest BCUT2D eigenvalue weighted by Crippen LogP contribution is 2.32. The van der Waals surface area contributed by atoms with Crippen molar-refractivity contribution in [1.29, 1.82) is 0 Å². The van der Waals surface area contributed by atoms with Crippen molar-refractivity contribution in [1.82, 2.24) is 19.4 Å². The van der Waals surface area contributed by atoms with Crippen LogP contribution in [0.15, 0.2) is 18.3 Å². The molecule has 0 amide bonds. The van der Waals surface area contributed by atoms with Gasteiger partial charge in [-0.15, -0.1) is 0 Å². The summed E-state index contributed by atoms with van der Waals surface area (Å²) in [6, 6.07) is 4.86. The summed E-state index contributed by atoms with van der Waals surface area (Å²) < 4.78 is 2.31. The molecule has 0 spiro atoms. The molecule has 2 aromatic rings. The minimum absolute atomic E-state index is 0.394. The van der Waals surface area contributed by atoms with Crippen LogP contribution in [0.3, 0.4) is 0 Å². The van der Waals surface area contributed by atoms with Gasteiger partial charge in [0.1, 0.15) is 11.3 Å². The van der Waals surface area contributed by atoms with Crippen LogP contribution >= 0.6 is 0 Å². The monoisotopic (exact) mass is 258 g/mol. The molecule has 19 heavy (non-hydrogen) atoms. The Bertz CT molecular complexity index is 573. The lowest BCUT2D eigenvalue weighted by Gasteiger charge is -2.32. The number of nitrogens with zero attached hydrogens (tertiary/aromatic N) is 4. The molecule has 0 aromatic carbocycles. The molecule has 0 radical (unpaired) electrons. The number of rotatable bonds is 2. The number of hydrogen-bond donors (Lipinski definition) is 0. The molecule has 0 bridgehead atoms. The van der Waals surface area contributed by atoms with Gasteiger partial charge in [0.2, 0.25) is 0 Å². The average molecular weight is 258 g/mol. The zero-order valence-electron chi connectivity index (χ0n) is 12.0. The fourth-order valence-electron chi connectivity index (χ4n) is 3.09. The molecule has 4 heteroatoms. The van der Waals surface area contributed by atoms with Crippen molar-refractivity contribution in [2.75, 3.05) is 13.6 Å². The Hall–Kier alpha value is -1.42. The first-order chi connectivity index (χ1) is 9.18. The molecular weight excluding hydrogens is 236 g/mol. The van der Waals surface area contributed by atoms with Crippen LogP contribution in [0, 0.1) is 0 Å². The van der Waals surface area contributed by atoms with E-state index in [0.717, 1.165) is 11.2 Å². The number of imidazole rings is 1. The second-order valence-corrected chi connectivity index (χ2v) is 5.77. The molecule has 4 nitrogen and oxygen atoms in total. The SMILES string of the molecule is CC(C)n1c(C2CCCCN2C)nc2cccnc21. The lowest BCUT2D eigenvalue weighted by Crippen LogP contribution is -2.31. The Morgan fingerprint density at radius 2 is 2.16 bits per heavy atom. The van der Waals surface area contributed by atoms with Crippen molar-refractivity contribution < 1.29 is 0 Å². The minimum atomic E-state index is 0.394. The molecular formula is C15H22N4. The number of pyridine rings is 1. The van der Waals surface area contributed by atoms with Gasteiger partial charge in [-0.05, 0) is 52.4 Å². The summed E-state index contributed by atoms with van der Waals surface area (Å²) in [7, 11) is 2.21. The first-order valence-electron chi connectivity index (χ1n) is 7.21. The zero-order chi connectivity index (χ0) is 13.4. The maximum Gasteiger partial charge on any atom is 0.160 e. The van der Waals surface area contributed by atoms with Gasteiger partial charge in [0.25, 0.3) is 0 Å². The van der Waals surface area contributed by atoms with Gasteiger partial charge in [-0.2, -0.15) is 0 Å². The molecule has 3 heterocycles. The number of fused-ring (bicyclic) bond motifs is 1. The number of likely N-dealkylation sites (tertiary alicyclic amines) is 1. The van der Waals surface area contributed by atoms with E-state index in [4.69, 9.17) is 4.98 Å². The maximum absolute atomic E-state index is 4.87. The van der Waals surface area contributed by atoms with Crippen molar-refractivity contribution in [3.05, 3.63) is 24.2 Å². The topological polar surface area (TPSA) is 34.0 Å². The van der Waals surface area contributed by atoms with Gasteiger partial charge in [0.05, 0.1) is 6.04 Å². The standard InChI is InChI=1S/C15H22N4/c1-11(2)19-14-12(7-6-9-16-14)17-15(19)13-8-4-5-10-18(13)3/h6-7,9,11,13H,4-5,8,10H2,1-3H3. The first-order valence-corrected chi connectivity index (χ1v) is 7.21. The quantitative estimate of drug-likeness (QED) is 0.829. The van der Waals surface area contributed by atoms with Gasteiger partial charge >= 0.3 is 0 Å². The maximum atomic E-state index is 4.87. The number of piperidine rings is 1. The Morgan fingerprint density at radius 3 is 2.89 bits per heavy atom. The molecule has 0 saturated carbocycles. The molecule has 1 aliphatic rings. The molecule has 1 unspecified atom stereocenters. The van der Waals surface area contributed by atoms with Crippen LogP contribution in [0.1, 0.15) is 51.0 Å². The third kappa shape index (κ3) is 2.14. The third-order valence-corrected chi connectivity index (χ3v) is 4.06. The van der Waals surface area contributed by atoms with E-state index in [1.807, 2.05) is 12.3 Å². The molecule has 1 saturated heterocycles. The molecule has 0 N–H and O–H groups in total. The van der Waals surface area contributed by atoms with E-state index < -0.39 is 0 Å². The van der Waals surface area contributed by atoms with E-state index in [0.29, 0.717) is 12.1 Å². The third-order valence-electron chi connectivity index (χ3n) is 4.06. The molecule has 3 rings (SSSR count). The van der Waals surface area contributed by atoms with Gasteiger partial charge < -0.3 is 4.57 Å². The van der Waals surface area contributed by atoms with Gasteiger partial charge in [-0.1, -0.05) is 6.42 Å². The lowest BCUT2D eigenvalue weighted by molar-refractivity contribution is 0.174. The van der Waals surface area contributed by atoms with Crippen LogP contribution in [0.4, 0.5) is 0 Å². The summed E-state index contributed by atoms with van der Waals surface area (Å²) in [6.45, 7) is 5.59. The summed E-state index contributed by atoms with van der Waals surface area (Å²) in [4.78, 5) is 11.8. The van der Waals surface area contributed by atoms with Crippen LogP contribution in [0.2, 0.25) is 0 Å². The zero-order valence-corrected chi connectivity index (χ0v) is 12.0. The second kappa shape index (κ2) is 4.93. The van der Waals surface area contributed by atoms with Crippen LogP contribution in [0.5, 0.6) is 0 Å². The van der Waals surface area contributed by atoms with Gasteiger partial charge in [-0.3, -0.25) is 4.90 Å².